The van der Waals surface area contributed by atoms with E-state index in [2.05, 4.69) is 48.5 Å². The van der Waals surface area contributed by atoms with Gasteiger partial charge in [-0.2, -0.15) is 0 Å². The normalized spacial score (nSPS) is 11.9. The highest BCUT2D eigenvalue weighted by molar-refractivity contribution is 6.24. The molecule has 4 aromatic rings. The molecule has 110 valence electrons. The molecule has 0 atom stereocenters. The standard InChI is InChI=1S/C20H18O2/c21-10-8-13-4-6-18-15(9-11-22)12-16-3-1-2-14-5-7-17(13)20(18)19(14)16/h1-7,12,21-22H,8-11H2. The van der Waals surface area contributed by atoms with Crippen molar-refractivity contribution in [3.8, 4) is 0 Å². The Kier molecular flexibility index (Phi) is 3.21. The fourth-order valence-corrected chi connectivity index (χ4v) is 3.63. The van der Waals surface area contributed by atoms with Gasteiger partial charge in [0.2, 0.25) is 0 Å². The van der Waals surface area contributed by atoms with Gasteiger partial charge in [-0.25, -0.2) is 0 Å². The number of hydrogen-bond acceptors (Lipinski definition) is 2. The summed E-state index contributed by atoms with van der Waals surface area (Å²) in [7, 11) is 0. The van der Waals surface area contributed by atoms with Crippen LogP contribution in [0.5, 0.6) is 0 Å². The van der Waals surface area contributed by atoms with Crippen LogP contribution in [0.3, 0.4) is 0 Å². The molecule has 0 aromatic heterocycles. The van der Waals surface area contributed by atoms with E-state index in [4.69, 9.17) is 0 Å². The summed E-state index contributed by atoms with van der Waals surface area (Å²) in [5, 5.41) is 26.2. The predicted octanol–water partition coefficient (Wildman–Crippen LogP) is 3.65. The molecule has 22 heavy (non-hydrogen) atoms. The van der Waals surface area contributed by atoms with Crippen molar-refractivity contribution in [2.75, 3.05) is 13.2 Å². The number of aliphatic hydroxyl groups is 2. The Hall–Kier alpha value is -2.16. The van der Waals surface area contributed by atoms with Crippen molar-refractivity contribution >= 4 is 32.3 Å². The lowest BCUT2D eigenvalue weighted by molar-refractivity contribution is 0.300. The third kappa shape index (κ3) is 1.88. The van der Waals surface area contributed by atoms with E-state index in [0.29, 0.717) is 12.8 Å². The minimum Gasteiger partial charge on any atom is -0.396 e. The fraction of sp³-hybridized carbons (Fsp3) is 0.200. The number of aliphatic hydroxyl groups excluding tert-OH is 2. The van der Waals surface area contributed by atoms with Crippen LogP contribution in [0.1, 0.15) is 11.1 Å². The Bertz CT molecular complexity index is 951. The second-order valence-electron chi connectivity index (χ2n) is 5.82. The molecule has 0 aliphatic heterocycles. The second-order valence-corrected chi connectivity index (χ2v) is 5.82. The summed E-state index contributed by atoms with van der Waals surface area (Å²) in [6.07, 6.45) is 1.34. The van der Waals surface area contributed by atoms with Crippen molar-refractivity contribution in [1.82, 2.24) is 0 Å². The zero-order valence-corrected chi connectivity index (χ0v) is 12.3. The molecule has 4 aromatic carbocycles. The molecular formula is C20H18O2. The molecule has 0 amide bonds. The lowest BCUT2D eigenvalue weighted by Crippen LogP contribution is -1.97. The molecule has 2 heteroatoms. The first kappa shape index (κ1) is 13.5. The largest absolute Gasteiger partial charge is 0.396 e. The summed E-state index contributed by atoms with van der Waals surface area (Å²) < 4.78 is 0. The monoisotopic (exact) mass is 290 g/mol. The molecule has 0 spiro atoms. The predicted molar refractivity (Wildman–Crippen MR) is 91.7 cm³/mol. The van der Waals surface area contributed by atoms with E-state index >= 15 is 0 Å². The van der Waals surface area contributed by atoms with E-state index < -0.39 is 0 Å². The van der Waals surface area contributed by atoms with Gasteiger partial charge in [-0.05, 0) is 56.3 Å². The number of benzene rings is 4. The van der Waals surface area contributed by atoms with Crippen molar-refractivity contribution in [1.29, 1.82) is 0 Å². The van der Waals surface area contributed by atoms with Gasteiger partial charge in [0, 0.05) is 13.2 Å². The van der Waals surface area contributed by atoms with E-state index in [1.807, 2.05) is 0 Å². The summed E-state index contributed by atoms with van der Waals surface area (Å²) in [6.45, 7) is 0.317. The Morgan fingerprint density at radius 3 is 2.14 bits per heavy atom. The maximum atomic E-state index is 9.38. The SMILES string of the molecule is OCCc1ccc2c(CCO)cc3cccc4ccc1c2c43. The highest BCUT2D eigenvalue weighted by atomic mass is 16.3. The van der Waals surface area contributed by atoms with Crippen molar-refractivity contribution in [2.45, 2.75) is 12.8 Å². The molecule has 0 saturated carbocycles. The van der Waals surface area contributed by atoms with Gasteiger partial charge in [0.1, 0.15) is 0 Å². The lowest BCUT2D eigenvalue weighted by atomic mass is 9.88. The molecule has 0 unspecified atom stereocenters. The van der Waals surface area contributed by atoms with E-state index in [0.717, 1.165) is 0 Å². The van der Waals surface area contributed by atoms with Gasteiger partial charge in [-0.3, -0.25) is 0 Å². The Morgan fingerprint density at radius 1 is 0.636 bits per heavy atom. The van der Waals surface area contributed by atoms with Crippen LogP contribution in [-0.2, 0) is 12.8 Å². The van der Waals surface area contributed by atoms with E-state index in [-0.39, 0.29) is 13.2 Å². The van der Waals surface area contributed by atoms with Crippen LogP contribution in [0.15, 0.2) is 48.5 Å². The molecule has 0 bridgehead atoms. The van der Waals surface area contributed by atoms with Gasteiger partial charge in [0.15, 0.2) is 0 Å². The zero-order chi connectivity index (χ0) is 15.1. The first-order valence-electron chi connectivity index (χ1n) is 7.73. The van der Waals surface area contributed by atoms with Gasteiger partial charge >= 0.3 is 0 Å². The third-order valence-corrected chi connectivity index (χ3v) is 4.58. The minimum atomic E-state index is 0.157. The van der Waals surface area contributed by atoms with Crippen LogP contribution >= 0.6 is 0 Å². The molecule has 0 radical (unpaired) electrons. The smallest absolute Gasteiger partial charge is 0.0471 e. The maximum absolute atomic E-state index is 9.38. The lowest BCUT2D eigenvalue weighted by Gasteiger charge is -2.16. The third-order valence-electron chi connectivity index (χ3n) is 4.58. The highest BCUT2D eigenvalue weighted by Gasteiger charge is 2.13. The van der Waals surface area contributed by atoms with Gasteiger partial charge in [-0.1, -0.05) is 48.5 Å². The fourth-order valence-electron chi connectivity index (χ4n) is 3.63. The first-order valence-corrected chi connectivity index (χ1v) is 7.73. The molecule has 0 aliphatic rings. The van der Waals surface area contributed by atoms with Crippen LogP contribution in [0, 0.1) is 0 Å². The van der Waals surface area contributed by atoms with E-state index in [9.17, 15) is 10.2 Å². The Balaban J connectivity index is 2.22. The number of rotatable bonds is 4. The quantitative estimate of drug-likeness (QED) is 0.563. The Labute approximate surface area is 129 Å². The molecule has 2 nitrogen and oxygen atoms in total. The van der Waals surface area contributed by atoms with Crippen LogP contribution in [0.2, 0.25) is 0 Å². The van der Waals surface area contributed by atoms with Crippen LogP contribution in [-0.4, -0.2) is 23.4 Å². The highest BCUT2D eigenvalue weighted by Crippen LogP contribution is 2.38. The van der Waals surface area contributed by atoms with Crippen LogP contribution in [0.25, 0.3) is 32.3 Å². The molecular weight excluding hydrogens is 272 g/mol. The average Bonchev–Trinajstić information content (AvgIpc) is 2.55. The van der Waals surface area contributed by atoms with E-state index in [1.165, 1.54) is 43.4 Å². The average molecular weight is 290 g/mol. The zero-order valence-electron chi connectivity index (χ0n) is 12.3. The number of hydrogen-bond donors (Lipinski definition) is 2. The minimum absolute atomic E-state index is 0.157. The summed E-state index contributed by atoms with van der Waals surface area (Å²) in [6, 6.07) is 17.1. The first-order chi connectivity index (χ1) is 10.8. The topological polar surface area (TPSA) is 40.5 Å². The van der Waals surface area contributed by atoms with Crippen molar-refractivity contribution in [2.24, 2.45) is 0 Å². The molecule has 0 fully saturated rings. The maximum Gasteiger partial charge on any atom is 0.0471 e. The second kappa shape index (κ2) is 5.24. The van der Waals surface area contributed by atoms with Gasteiger partial charge in [0.05, 0.1) is 0 Å². The van der Waals surface area contributed by atoms with Gasteiger partial charge < -0.3 is 10.2 Å². The van der Waals surface area contributed by atoms with E-state index in [1.54, 1.807) is 0 Å². The molecule has 2 N–H and O–H groups in total. The van der Waals surface area contributed by atoms with Crippen molar-refractivity contribution in [3.05, 3.63) is 59.7 Å². The molecule has 0 aliphatic carbocycles. The summed E-state index contributed by atoms with van der Waals surface area (Å²) in [5.41, 5.74) is 2.37. The van der Waals surface area contributed by atoms with Crippen molar-refractivity contribution in [3.63, 3.8) is 0 Å². The summed E-state index contributed by atoms with van der Waals surface area (Å²) >= 11 is 0. The molecule has 0 saturated heterocycles. The summed E-state index contributed by atoms with van der Waals surface area (Å²) in [4.78, 5) is 0. The van der Waals surface area contributed by atoms with Crippen LogP contribution in [0.4, 0.5) is 0 Å². The Morgan fingerprint density at radius 2 is 1.32 bits per heavy atom. The molecule has 0 heterocycles. The van der Waals surface area contributed by atoms with Crippen LogP contribution < -0.4 is 0 Å². The van der Waals surface area contributed by atoms with Gasteiger partial charge in [0.25, 0.3) is 0 Å². The molecule has 4 rings (SSSR count). The van der Waals surface area contributed by atoms with Crippen molar-refractivity contribution < 1.29 is 10.2 Å². The van der Waals surface area contributed by atoms with Gasteiger partial charge in [-0.15, -0.1) is 0 Å². The summed E-state index contributed by atoms with van der Waals surface area (Å²) in [5.74, 6) is 0.